The highest BCUT2D eigenvalue weighted by Crippen LogP contribution is 2.38. The van der Waals surface area contributed by atoms with Crippen molar-refractivity contribution in [1.29, 1.82) is 0 Å². The van der Waals surface area contributed by atoms with Gasteiger partial charge in [-0.25, -0.2) is 9.78 Å². The Bertz CT molecular complexity index is 1320. The van der Waals surface area contributed by atoms with Gasteiger partial charge in [0.1, 0.15) is 5.75 Å². The van der Waals surface area contributed by atoms with Crippen LogP contribution in [0.2, 0.25) is 5.02 Å². The van der Waals surface area contributed by atoms with Crippen molar-refractivity contribution in [2.75, 3.05) is 6.79 Å². The highest BCUT2D eigenvalue weighted by Gasteiger charge is 2.18. The van der Waals surface area contributed by atoms with Crippen LogP contribution in [-0.4, -0.2) is 32.8 Å². The minimum absolute atomic E-state index is 0.162. The number of H-pyrrole nitrogens is 1. The van der Waals surface area contributed by atoms with Gasteiger partial charge in [0, 0.05) is 5.56 Å². The number of ether oxygens (including phenoxy) is 3. The molecule has 30 heavy (non-hydrogen) atoms. The van der Waals surface area contributed by atoms with E-state index in [0.717, 1.165) is 5.56 Å². The van der Waals surface area contributed by atoms with Crippen LogP contribution >= 0.6 is 11.6 Å². The third kappa shape index (κ3) is 3.17. The third-order valence-electron chi connectivity index (χ3n) is 4.70. The SMILES string of the molecule is Cc1ccc(Oc2nc3nc(-c4ccc5c(c4)OCO5)c(Cl)cc3[nH]2)cc1C(=O)O. The fourth-order valence-electron chi connectivity index (χ4n) is 3.20. The van der Waals surface area contributed by atoms with E-state index in [4.69, 9.17) is 25.8 Å². The van der Waals surface area contributed by atoms with Crippen LogP contribution in [0.25, 0.3) is 22.4 Å². The smallest absolute Gasteiger partial charge is 0.336 e. The molecule has 5 rings (SSSR count). The molecule has 8 nitrogen and oxygen atoms in total. The van der Waals surface area contributed by atoms with E-state index in [1.807, 2.05) is 12.1 Å². The number of rotatable bonds is 4. The minimum atomic E-state index is -1.02. The summed E-state index contributed by atoms with van der Waals surface area (Å²) in [6, 6.07) is 12.1. The van der Waals surface area contributed by atoms with Gasteiger partial charge >= 0.3 is 12.0 Å². The average Bonchev–Trinajstić information content (AvgIpc) is 3.33. The molecule has 0 spiro atoms. The van der Waals surface area contributed by atoms with Crippen molar-refractivity contribution < 1.29 is 24.1 Å². The number of hydrogen-bond acceptors (Lipinski definition) is 6. The van der Waals surface area contributed by atoms with E-state index in [1.54, 1.807) is 31.2 Å². The number of pyridine rings is 1. The number of nitrogens with one attached hydrogen (secondary N) is 1. The van der Waals surface area contributed by atoms with Gasteiger partial charge in [0.15, 0.2) is 17.1 Å². The molecule has 0 atom stereocenters. The summed E-state index contributed by atoms with van der Waals surface area (Å²) in [6.45, 7) is 1.90. The molecular formula is C21H14ClN3O5. The number of aryl methyl sites for hydroxylation is 1. The monoisotopic (exact) mass is 423 g/mol. The predicted molar refractivity (Wildman–Crippen MR) is 109 cm³/mol. The summed E-state index contributed by atoms with van der Waals surface area (Å²) >= 11 is 6.44. The Morgan fingerprint density at radius 1 is 1.13 bits per heavy atom. The van der Waals surface area contributed by atoms with E-state index in [-0.39, 0.29) is 18.4 Å². The van der Waals surface area contributed by atoms with E-state index in [9.17, 15) is 9.90 Å². The van der Waals surface area contributed by atoms with E-state index >= 15 is 0 Å². The van der Waals surface area contributed by atoms with Crippen molar-refractivity contribution in [1.82, 2.24) is 15.0 Å². The number of aromatic carboxylic acids is 1. The largest absolute Gasteiger partial charge is 0.478 e. The number of hydrogen-bond donors (Lipinski definition) is 2. The molecule has 4 aromatic rings. The average molecular weight is 424 g/mol. The fourth-order valence-corrected chi connectivity index (χ4v) is 3.46. The zero-order valence-corrected chi connectivity index (χ0v) is 16.4. The summed E-state index contributed by atoms with van der Waals surface area (Å²) in [4.78, 5) is 23.2. The number of nitrogens with zero attached hydrogens (tertiary/aromatic N) is 2. The standard InChI is InChI=1S/C21H14ClN3O5/c1-10-2-4-12(7-13(10)20(26)27)30-21-23-15-8-14(22)18(24-19(15)25-21)11-3-5-16-17(6-11)29-9-28-16/h2-8H,9H2,1H3,(H,26,27)(H,23,24,25). The second-order valence-electron chi connectivity index (χ2n) is 6.68. The van der Waals surface area contributed by atoms with Crippen LogP contribution in [0.5, 0.6) is 23.3 Å². The Hall–Kier alpha value is -3.78. The van der Waals surface area contributed by atoms with Gasteiger partial charge in [-0.05, 0) is 48.9 Å². The normalized spacial score (nSPS) is 12.3. The third-order valence-corrected chi connectivity index (χ3v) is 4.99. The number of aromatic nitrogens is 3. The zero-order chi connectivity index (χ0) is 20.8. The van der Waals surface area contributed by atoms with Crippen LogP contribution in [0.4, 0.5) is 0 Å². The number of carboxylic acids is 1. The summed E-state index contributed by atoms with van der Waals surface area (Å²) in [7, 11) is 0. The Labute approximate surface area is 175 Å². The first-order chi connectivity index (χ1) is 14.5. The number of benzene rings is 2. The quantitative estimate of drug-likeness (QED) is 0.485. The molecule has 0 saturated carbocycles. The highest BCUT2D eigenvalue weighted by atomic mass is 35.5. The molecule has 9 heteroatoms. The molecule has 0 amide bonds. The molecule has 0 unspecified atom stereocenters. The summed E-state index contributed by atoms with van der Waals surface area (Å²) < 4.78 is 16.5. The molecule has 2 N–H and O–H groups in total. The van der Waals surface area contributed by atoms with Crippen LogP contribution in [-0.2, 0) is 0 Å². The molecule has 1 aliphatic rings. The van der Waals surface area contributed by atoms with Crippen molar-refractivity contribution in [3.63, 3.8) is 0 Å². The van der Waals surface area contributed by atoms with Gasteiger partial charge < -0.3 is 24.3 Å². The lowest BCUT2D eigenvalue weighted by molar-refractivity contribution is 0.0695. The zero-order valence-electron chi connectivity index (χ0n) is 15.6. The van der Waals surface area contributed by atoms with Crippen LogP contribution < -0.4 is 14.2 Å². The number of aromatic amines is 1. The number of carboxylic acid groups (broad SMARTS) is 1. The Balaban J connectivity index is 1.49. The molecule has 0 aliphatic carbocycles. The van der Waals surface area contributed by atoms with E-state index in [0.29, 0.717) is 44.7 Å². The molecule has 2 aromatic carbocycles. The second kappa shape index (κ2) is 6.93. The van der Waals surface area contributed by atoms with E-state index < -0.39 is 5.97 Å². The Kier molecular flexibility index (Phi) is 4.22. The van der Waals surface area contributed by atoms with Gasteiger partial charge in [-0.15, -0.1) is 0 Å². The first kappa shape index (κ1) is 18.3. The number of carbonyl (C=O) groups is 1. The summed E-state index contributed by atoms with van der Waals surface area (Å²) in [5, 5.41) is 9.71. The van der Waals surface area contributed by atoms with E-state index in [2.05, 4.69) is 15.0 Å². The topological polar surface area (TPSA) is 107 Å². The number of fused-ring (bicyclic) bond motifs is 2. The van der Waals surface area contributed by atoms with Gasteiger partial charge in [-0.1, -0.05) is 17.7 Å². The minimum Gasteiger partial charge on any atom is -0.478 e. The fraction of sp³-hybridized carbons (Fsp3) is 0.0952. The molecule has 0 saturated heterocycles. The Morgan fingerprint density at radius 2 is 1.97 bits per heavy atom. The van der Waals surface area contributed by atoms with Crippen molar-refractivity contribution in [3.05, 3.63) is 58.6 Å². The van der Waals surface area contributed by atoms with Crippen molar-refractivity contribution >= 4 is 28.7 Å². The van der Waals surface area contributed by atoms with Crippen LogP contribution in [0.15, 0.2) is 42.5 Å². The maximum Gasteiger partial charge on any atom is 0.336 e. The molecule has 0 bridgehead atoms. The van der Waals surface area contributed by atoms with E-state index in [1.165, 1.54) is 6.07 Å². The molecule has 0 radical (unpaired) electrons. The molecular weight excluding hydrogens is 410 g/mol. The van der Waals surface area contributed by atoms with Gasteiger partial charge in [0.2, 0.25) is 6.79 Å². The molecule has 3 heterocycles. The molecule has 150 valence electrons. The lowest BCUT2D eigenvalue weighted by Crippen LogP contribution is -2.00. The van der Waals surface area contributed by atoms with Gasteiger partial charge in [-0.3, -0.25) is 0 Å². The van der Waals surface area contributed by atoms with Gasteiger partial charge in [0.25, 0.3) is 0 Å². The second-order valence-corrected chi connectivity index (χ2v) is 7.09. The van der Waals surface area contributed by atoms with Crippen LogP contribution in [0, 0.1) is 6.92 Å². The van der Waals surface area contributed by atoms with Crippen molar-refractivity contribution in [2.24, 2.45) is 0 Å². The number of imidazole rings is 1. The molecule has 1 aliphatic heterocycles. The molecule has 2 aromatic heterocycles. The van der Waals surface area contributed by atoms with Crippen molar-refractivity contribution in [2.45, 2.75) is 6.92 Å². The van der Waals surface area contributed by atoms with Gasteiger partial charge in [-0.2, -0.15) is 4.98 Å². The van der Waals surface area contributed by atoms with Gasteiger partial charge in [0.05, 0.1) is 21.8 Å². The summed E-state index contributed by atoms with van der Waals surface area (Å²) in [5.41, 5.74) is 3.11. The summed E-state index contributed by atoms with van der Waals surface area (Å²) in [5.74, 6) is 0.624. The lowest BCUT2D eigenvalue weighted by Gasteiger charge is -2.05. The lowest BCUT2D eigenvalue weighted by atomic mass is 10.1. The number of halogens is 1. The van der Waals surface area contributed by atoms with Crippen molar-refractivity contribution in [3.8, 4) is 34.5 Å². The first-order valence-electron chi connectivity index (χ1n) is 8.96. The summed E-state index contributed by atoms with van der Waals surface area (Å²) in [6.07, 6.45) is 0. The van der Waals surface area contributed by atoms with Crippen LogP contribution in [0.3, 0.4) is 0 Å². The Morgan fingerprint density at radius 3 is 2.80 bits per heavy atom. The maximum absolute atomic E-state index is 11.3. The highest BCUT2D eigenvalue weighted by molar-refractivity contribution is 6.33. The maximum atomic E-state index is 11.3. The molecule has 0 fully saturated rings. The first-order valence-corrected chi connectivity index (χ1v) is 9.34. The van der Waals surface area contributed by atoms with Crippen LogP contribution in [0.1, 0.15) is 15.9 Å². The predicted octanol–water partition coefficient (Wildman–Crippen LogP) is 4.81.